The Morgan fingerprint density at radius 1 is 1.41 bits per heavy atom. The Kier molecular flexibility index (Phi) is 6.79. The quantitative estimate of drug-likeness (QED) is 0.560. The number of hydrogen-bond donors (Lipinski definition) is 1. The Balaban J connectivity index is 1.70. The number of furan rings is 1. The number of thioether (sulfide) groups is 2. The number of nitrogens with one attached hydrogen (secondary N) is 1. The second-order valence-electron chi connectivity index (χ2n) is 5.52. The van der Waals surface area contributed by atoms with Crippen molar-refractivity contribution in [2.45, 2.75) is 12.2 Å². The smallest absolute Gasteiger partial charge is 0.375 e. The van der Waals surface area contributed by atoms with Crippen molar-refractivity contribution in [2.75, 3.05) is 25.4 Å². The number of amides is 1. The van der Waals surface area contributed by atoms with E-state index < -0.39 is 18.5 Å². The third-order valence-corrected chi connectivity index (χ3v) is 5.95. The van der Waals surface area contributed by atoms with Crippen LogP contribution in [0.25, 0.3) is 11.0 Å². The molecular weight excluding hydrogens is 386 g/mol. The lowest BCUT2D eigenvalue weighted by atomic mass is 10.1. The van der Waals surface area contributed by atoms with E-state index in [-0.39, 0.29) is 18.7 Å². The molecule has 7 nitrogen and oxygen atoms in total. The molecular formula is C18H17N3O4S2. The van der Waals surface area contributed by atoms with Crippen molar-refractivity contribution in [3.63, 3.8) is 0 Å². The lowest BCUT2D eigenvalue weighted by Gasteiger charge is -2.05. The average Bonchev–Trinajstić information content (AvgIpc) is 3.32. The van der Waals surface area contributed by atoms with Crippen LogP contribution in [0.1, 0.15) is 22.5 Å². The van der Waals surface area contributed by atoms with Gasteiger partial charge in [0.15, 0.2) is 6.61 Å². The summed E-state index contributed by atoms with van der Waals surface area (Å²) in [5.74, 6) is 0.476. The zero-order valence-corrected chi connectivity index (χ0v) is 16.0. The van der Waals surface area contributed by atoms with Crippen LogP contribution in [-0.4, -0.2) is 41.7 Å². The Labute approximate surface area is 164 Å². The Hall–Kier alpha value is -2.44. The summed E-state index contributed by atoms with van der Waals surface area (Å²) in [5, 5.41) is 11.8. The van der Waals surface area contributed by atoms with Gasteiger partial charge in [0.2, 0.25) is 5.76 Å². The number of nitriles is 1. The van der Waals surface area contributed by atoms with Gasteiger partial charge in [-0.2, -0.15) is 5.26 Å². The molecule has 0 radical (unpaired) electrons. The van der Waals surface area contributed by atoms with Gasteiger partial charge in [0.1, 0.15) is 9.96 Å². The maximum absolute atomic E-state index is 12.5. The van der Waals surface area contributed by atoms with Gasteiger partial charge in [-0.15, -0.1) is 0 Å². The first-order valence-electron chi connectivity index (χ1n) is 8.30. The minimum absolute atomic E-state index is 0.108. The van der Waals surface area contributed by atoms with E-state index in [1.807, 2.05) is 24.3 Å². The van der Waals surface area contributed by atoms with Crippen molar-refractivity contribution >= 4 is 50.7 Å². The molecule has 0 saturated heterocycles. The van der Waals surface area contributed by atoms with E-state index in [9.17, 15) is 9.59 Å². The number of ether oxygens (including phenoxy) is 1. The SMILES string of the molecule is N#CCCNC(=O)COC(=O)c1oc2ccccc2c1CSC1=NCCS1. The van der Waals surface area contributed by atoms with Crippen LogP contribution in [0.5, 0.6) is 0 Å². The first-order chi connectivity index (χ1) is 13.2. The zero-order chi connectivity index (χ0) is 19.1. The summed E-state index contributed by atoms with van der Waals surface area (Å²) in [5.41, 5.74) is 1.33. The second-order valence-corrected chi connectivity index (χ2v) is 7.83. The summed E-state index contributed by atoms with van der Waals surface area (Å²) in [4.78, 5) is 28.5. The van der Waals surface area contributed by atoms with E-state index >= 15 is 0 Å². The van der Waals surface area contributed by atoms with Gasteiger partial charge in [-0.05, 0) is 6.07 Å². The van der Waals surface area contributed by atoms with Gasteiger partial charge in [-0.1, -0.05) is 41.7 Å². The summed E-state index contributed by atoms with van der Waals surface area (Å²) in [6.45, 7) is 0.616. The zero-order valence-electron chi connectivity index (χ0n) is 14.4. The van der Waals surface area contributed by atoms with E-state index in [4.69, 9.17) is 14.4 Å². The molecule has 1 aromatic heterocycles. The standard InChI is InChI=1S/C18H17N3O4S2/c19-6-3-7-20-15(22)10-24-17(23)16-13(11-27-18-21-8-9-26-18)12-4-1-2-5-14(12)25-16/h1-2,4-5H,3,7-11H2,(H,20,22). The molecule has 0 unspecified atom stereocenters. The molecule has 27 heavy (non-hydrogen) atoms. The molecule has 1 amide bonds. The normalized spacial score (nSPS) is 13.2. The fourth-order valence-electron chi connectivity index (χ4n) is 2.45. The molecule has 2 aromatic rings. The number of benzene rings is 1. The van der Waals surface area contributed by atoms with E-state index in [0.717, 1.165) is 27.6 Å². The highest BCUT2D eigenvalue weighted by Crippen LogP contribution is 2.32. The molecule has 0 bridgehead atoms. The number of carbonyl (C=O) groups excluding carboxylic acids is 2. The molecule has 140 valence electrons. The van der Waals surface area contributed by atoms with Crippen LogP contribution in [0.15, 0.2) is 33.7 Å². The first kappa shape index (κ1) is 19.3. The highest BCUT2D eigenvalue weighted by molar-refractivity contribution is 8.38. The van der Waals surface area contributed by atoms with Crippen LogP contribution in [0, 0.1) is 11.3 Å². The monoisotopic (exact) mass is 403 g/mol. The number of para-hydroxylation sites is 1. The van der Waals surface area contributed by atoms with Crippen molar-refractivity contribution in [3.8, 4) is 6.07 Å². The summed E-state index contributed by atoms with van der Waals surface area (Å²) in [6.07, 6.45) is 0.201. The molecule has 1 aliphatic rings. The summed E-state index contributed by atoms with van der Waals surface area (Å²) in [6, 6.07) is 9.31. The van der Waals surface area contributed by atoms with E-state index in [1.54, 1.807) is 29.6 Å². The van der Waals surface area contributed by atoms with Crippen LogP contribution in [0.3, 0.4) is 0 Å². The average molecular weight is 403 g/mol. The third-order valence-electron chi connectivity index (χ3n) is 3.67. The molecule has 0 aliphatic carbocycles. The maximum atomic E-state index is 12.5. The molecule has 3 rings (SSSR count). The number of esters is 1. The predicted octanol–water partition coefficient (Wildman–Crippen LogP) is 2.96. The van der Waals surface area contributed by atoms with Gasteiger partial charge >= 0.3 is 5.97 Å². The number of hydrogen-bond acceptors (Lipinski definition) is 8. The third kappa shape index (κ3) is 5.05. The molecule has 1 aliphatic heterocycles. The van der Waals surface area contributed by atoms with Gasteiger partial charge in [0.05, 0.1) is 19.0 Å². The van der Waals surface area contributed by atoms with Crippen LogP contribution >= 0.6 is 23.5 Å². The molecule has 9 heteroatoms. The lowest BCUT2D eigenvalue weighted by Crippen LogP contribution is -2.29. The van der Waals surface area contributed by atoms with Crippen molar-refractivity contribution in [3.05, 3.63) is 35.6 Å². The fourth-order valence-corrected chi connectivity index (χ4v) is 4.49. The van der Waals surface area contributed by atoms with Gasteiger partial charge in [0, 0.05) is 29.0 Å². The van der Waals surface area contributed by atoms with Gasteiger partial charge in [-0.3, -0.25) is 9.79 Å². The van der Waals surface area contributed by atoms with Crippen molar-refractivity contribution in [2.24, 2.45) is 4.99 Å². The number of nitrogens with zero attached hydrogens (tertiary/aromatic N) is 2. The van der Waals surface area contributed by atoms with Crippen LogP contribution < -0.4 is 5.32 Å². The van der Waals surface area contributed by atoms with Gasteiger partial charge in [0.25, 0.3) is 5.91 Å². The van der Waals surface area contributed by atoms with Crippen molar-refractivity contribution in [1.82, 2.24) is 5.32 Å². The lowest BCUT2D eigenvalue weighted by molar-refractivity contribution is -0.124. The predicted molar refractivity (Wildman–Crippen MR) is 106 cm³/mol. The highest BCUT2D eigenvalue weighted by atomic mass is 32.2. The minimum Gasteiger partial charge on any atom is -0.450 e. The molecule has 1 N–H and O–H groups in total. The number of rotatable bonds is 7. The Bertz CT molecular complexity index is 917. The number of carbonyl (C=O) groups is 2. The van der Waals surface area contributed by atoms with E-state index in [2.05, 4.69) is 10.3 Å². The molecule has 0 atom stereocenters. The van der Waals surface area contributed by atoms with Crippen molar-refractivity contribution < 1.29 is 18.7 Å². The maximum Gasteiger partial charge on any atom is 0.375 e. The van der Waals surface area contributed by atoms with Crippen molar-refractivity contribution in [1.29, 1.82) is 5.26 Å². The van der Waals surface area contributed by atoms with Gasteiger partial charge in [-0.25, -0.2) is 4.79 Å². The van der Waals surface area contributed by atoms with Crippen LogP contribution in [0.2, 0.25) is 0 Å². The van der Waals surface area contributed by atoms with Crippen LogP contribution in [0.4, 0.5) is 0 Å². The second kappa shape index (κ2) is 9.48. The Morgan fingerprint density at radius 3 is 3.04 bits per heavy atom. The summed E-state index contributed by atoms with van der Waals surface area (Å²) >= 11 is 3.26. The molecule has 0 spiro atoms. The van der Waals surface area contributed by atoms with E-state index in [0.29, 0.717) is 11.3 Å². The number of aliphatic imine (C=N–C) groups is 1. The number of fused-ring (bicyclic) bond motifs is 1. The largest absolute Gasteiger partial charge is 0.450 e. The highest BCUT2D eigenvalue weighted by Gasteiger charge is 2.23. The Morgan fingerprint density at radius 2 is 2.26 bits per heavy atom. The summed E-state index contributed by atoms with van der Waals surface area (Å²) < 4.78 is 11.8. The summed E-state index contributed by atoms with van der Waals surface area (Å²) in [7, 11) is 0. The van der Waals surface area contributed by atoms with E-state index in [1.165, 1.54) is 0 Å². The molecule has 0 saturated carbocycles. The fraction of sp³-hybridized carbons (Fsp3) is 0.333. The minimum atomic E-state index is -0.682. The van der Waals surface area contributed by atoms with Crippen LogP contribution in [-0.2, 0) is 15.3 Å². The molecule has 2 heterocycles. The molecule has 1 aromatic carbocycles. The molecule has 0 fully saturated rings. The first-order valence-corrected chi connectivity index (χ1v) is 10.3. The topological polar surface area (TPSA) is 105 Å². The van der Waals surface area contributed by atoms with Gasteiger partial charge < -0.3 is 14.5 Å².